The summed E-state index contributed by atoms with van der Waals surface area (Å²) in [5.41, 5.74) is 1.74. The van der Waals surface area contributed by atoms with Crippen molar-refractivity contribution in [1.82, 2.24) is 4.90 Å². The largest absolute Gasteiger partial charge is 0.462 e. The summed E-state index contributed by atoms with van der Waals surface area (Å²) >= 11 is 0. The van der Waals surface area contributed by atoms with Crippen LogP contribution in [-0.2, 0) is 25.5 Å². The Kier molecular flexibility index (Phi) is 6.17. The minimum Gasteiger partial charge on any atom is -0.462 e. The molecule has 1 N–H and O–H groups in total. The van der Waals surface area contributed by atoms with Gasteiger partial charge in [-0.2, -0.15) is 0 Å². The van der Waals surface area contributed by atoms with Crippen LogP contribution in [0.2, 0.25) is 0 Å². The van der Waals surface area contributed by atoms with E-state index in [0.717, 1.165) is 12.0 Å². The number of ether oxygens (including phenoxy) is 1. The number of carbonyl (C=O) groups is 4. The third-order valence-electron chi connectivity index (χ3n) is 8.52. The number of hydrogen-bond donors (Lipinski definition) is 1. The molecule has 4 aliphatic carbocycles. The third-order valence-corrected chi connectivity index (χ3v) is 8.52. The number of carbonyl (C=O) groups excluding carboxylic acids is 4. The number of allylic oxidation sites excluding steroid dienone is 2. The van der Waals surface area contributed by atoms with E-state index in [4.69, 9.17) is 4.74 Å². The fraction of sp³-hybridized carbons (Fsp3) is 0.419. The van der Waals surface area contributed by atoms with Crippen molar-refractivity contribution in [2.24, 2.45) is 41.4 Å². The number of anilines is 1. The van der Waals surface area contributed by atoms with Gasteiger partial charge < -0.3 is 10.1 Å². The number of esters is 1. The molecule has 2 saturated carbocycles. The first-order valence-corrected chi connectivity index (χ1v) is 13.5. The van der Waals surface area contributed by atoms with Crippen LogP contribution in [0.4, 0.5) is 5.69 Å². The van der Waals surface area contributed by atoms with E-state index in [1.54, 1.807) is 24.3 Å². The molecule has 2 aromatic rings. The number of amides is 3. The van der Waals surface area contributed by atoms with E-state index in [0.29, 0.717) is 29.7 Å². The first-order chi connectivity index (χ1) is 18.3. The van der Waals surface area contributed by atoms with Crippen molar-refractivity contribution >= 4 is 29.4 Å². The van der Waals surface area contributed by atoms with Crippen LogP contribution in [0, 0.1) is 41.4 Å². The average Bonchev–Trinajstić information content (AvgIpc) is 3.70. The predicted molar refractivity (Wildman–Crippen MR) is 141 cm³/mol. The van der Waals surface area contributed by atoms with Gasteiger partial charge in [-0.1, -0.05) is 56.3 Å². The zero-order valence-electron chi connectivity index (χ0n) is 21.6. The van der Waals surface area contributed by atoms with Crippen LogP contribution >= 0.6 is 0 Å². The molecule has 2 bridgehead atoms. The molecule has 1 saturated heterocycles. The number of likely N-dealkylation sites (tertiary alicyclic amines) is 1. The van der Waals surface area contributed by atoms with Crippen molar-refractivity contribution in [3.8, 4) is 0 Å². The number of benzene rings is 2. The van der Waals surface area contributed by atoms with Gasteiger partial charge in [0.05, 0.1) is 24.0 Å². The maximum Gasteiger partial charge on any atom is 0.338 e. The summed E-state index contributed by atoms with van der Waals surface area (Å²) in [6.45, 7) is 4.26. The van der Waals surface area contributed by atoms with Gasteiger partial charge in [0.1, 0.15) is 6.04 Å². The molecule has 1 aliphatic heterocycles. The lowest BCUT2D eigenvalue weighted by Crippen LogP contribution is -2.49. The van der Waals surface area contributed by atoms with Gasteiger partial charge in [0, 0.05) is 12.1 Å². The molecule has 7 heteroatoms. The molecule has 2 aromatic carbocycles. The highest BCUT2D eigenvalue weighted by Crippen LogP contribution is 2.65. The van der Waals surface area contributed by atoms with Crippen LogP contribution in [0.3, 0.4) is 0 Å². The van der Waals surface area contributed by atoms with Gasteiger partial charge in [-0.15, -0.1) is 0 Å². The summed E-state index contributed by atoms with van der Waals surface area (Å²) in [7, 11) is 0. The zero-order valence-corrected chi connectivity index (χ0v) is 21.6. The lowest BCUT2D eigenvalue weighted by Gasteiger charge is -2.37. The normalized spacial score (nSPS) is 29.2. The number of imide groups is 1. The molecule has 5 aliphatic rings. The molecule has 38 heavy (non-hydrogen) atoms. The van der Waals surface area contributed by atoms with Crippen LogP contribution in [0.1, 0.15) is 36.2 Å². The smallest absolute Gasteiger partial charge is 0.338 e. The Morgan fingerprint density at radius 3 is 2.11 bits per heavy atom. The van der Waals surface area contributed by atoms with E-state index >= 15 is 0 Å². The van der Waals surface area contributed by atoms with Crippen molar-refractivity contribution in [2.45, 2.75) is 32.7 Å². The number of nitrogens with one attached hydrogen (secondary N) is 1. The first-order valence-electron chi connectivity index (χ1n) is 13.5. The van der Waals surface area contributed by atoms with Crippen LogP contribution in [0.15, 0.2) is 66.7 Å². The Morgan fingerprint density at radius 2 is 1.53 bits per heavy atom. The van der Waals surface area contributed by atoms with Gasteiger partial charge >= 0.3 is 5.97 Å². The molecule has 1 heterocycles. The summed E-state index contributed by atoms with van der Waals surface area (Å²) in [5.74, 6) is -0.578. The molecule has 3 fully saturated rings. The topological polar surface area (TPSA) is 92.8 Å². The second-order valence-electron chi connectivity index (χ2n) is 11.5. The summed E-state index contributed by atoms with van der Waals surface area (Å²) in [6.07, 6.45) is 5.59. The number of rotatable bonds is 8. The quantitative estimate of drug-likeness (QED) is 0.327. The van der Waals surface area contributed by atoms with Gasteiger partial charge in [0.15, 0.2) is 0 Å². The highest BCUT2D eigenvalue weighted by Gasteiger charge is 2.67. The van der Waals surface area contributed by atoms with Crippen molar-refractivity contribution in [3.63, 3.8) is 0 Å². The van der Waals surface area contributed by atoms with Crippen LogP contribution in [0.5, 0.6) is 0 Å². The highest BCUT2D eigenvalue weighted by atomic mass is 16.5. The minimum absolute atomic E-state index is 0.0971. The van der Waals surface area contributed by atoms with Gasteiger partial charge in [-0.25, -0.2) is 4.79 Å². The molecule has 7 rings (SSSR count). The predicted octanol–water partition coefficient (Wildman–Crippen LogP) is 4.10. The Bertz CT molecular complexity index is 1270. The Morgan fingerprint density at radius 1 is 0.921 bits per heavy atom. The van der Waals surface area contributed by atoms with Gasteiger partial charge in [0.2, 0.25) is 17.7 Å². The van der Waals surface area contributed by atoms with E-state index in [9.17, 15) is 19.2 Å². The van der Waals surface area contributed by atoms with Crippen molar-refractivity contribution in [3.05, 3.63) is 77.9 Å². The fourth-order valence-corrected chi connectivity index (χ4v) is 6.67. The average molecular weight is 513 g/mol. The molecule has 0 aromatic heterocycles. The van der Waals surface area contributed by atoms with E-state index in [2.05, 4.69) is 17.5 Å². The lowest BCUT2D eigenvalue weighted by molar-refractivity contribution is -0.146. The van der Waals surface area contributed by atoms with Crippen LogP contribution < -0.4 is 5.32 Å². The summed E-state index contributed by atoms with van der Waals surface area (Å²) < 4.78 is 5.27. The molecule has 0 unspecified atom stereocenters. The fourth-order valence-electron chi connectivity index (χ4n) is 6.67. The molecule has 7 nitrogen and oxygen atoms in total. The Balaban J connectivity index is 1.23. The zero-order chi connectivity index (χ0) is 26.6. The molecule has 196 valence electrons. The van der Waals surface area contributed by atoms with Crippen molar-refractivity contribution in [2.75, 3.05) is 11.9 Å². The minimum atomic E-state index is -0.964. The summed E-state index contributed by atoms with van der Waals surface area (Å²) in [6, 6.07) is 15.0. The Labute approximate surface area is 222 Å². The van der Waals surface area contributed by atoms with E-state index in [1.165, 1.54) is 4.90 Å². The molecule has 7 atom stereocenters. The molecule has 3 amide bonds. The van der Waals surface area contributed by atoms with Crippen LogP contribution in [0.25, 0.3) is 0 Å². The van der Waals surface area contributed by atoms with Crippen LogP contribution in [-0.4, -0.2) is 41.2 Å². The van der Waals surface area contributed by atoms with Gasteiger partial charge in [-0.3, -0.25) is 19.3 Å². The third kappa shape index (κ3) is 4.24. The first kappa shape index (κ1) is 24.6. The number of hydrogen-bond acceptors (Lipinski definition) is 5. The maximum atomic E-state index is 13.8. The standard InChI is InChI=1S/C31H32N2O5/c1-17(2)16-38-31(37)19-8-10-20(11-9-19)32-28(34)25(14-18-6-4-3-5-7-18)33-29(35)26-21-12-13-22(24-15-23(21)24)27(26)30(33)36/h3-13,17,21-27H,14-16H2,1-2H3,(H,32,34)/t21-,22-,23-,24-,25-,26+,27+/m1/s1. The maximum absolute atomic E-state index is 13.8. The molecule has 0 radical (unpaired) electrons. The number of nitrogens with zero attached hydrogens (tertiary/aromatic N) is 1. The summed E-state index contributed by atoms with van der Waals surface area (Å²) in [4.78, 5) is 54.7. The lowest BCUT2D eigenvalue weighted by atomic mass is 9.63. The monoisotopic (exact) mass is 512 g/mol. The molecular weight excluding hydrogens is 480 g/mol. The van der Waals surface area contributed by atoms with E-state index in [-0.39, 0.29) is 47.8 Å². The molecule has 0 spiro atoms. The highest BCUT2D eigenvalue weighted by molar-refractivity contribution is 6.10. The van der Waals surface area contributed by atoms with Gasteiger partial charge in [-0.05, 0) is 65.8 Å². The van der Waals surface area contributed by atoms with E-state index in [1.807, 2.05) is 44.2 Å². The second kappa shape index (κ2) is 9.53. The second-order valence-corrected chi connectivity index (χ2v) is 11.5. The molecular formula is C31H32N2O5. The summed E-state index contributed by atoms with van der Waals surface area (Å²) in [5, 5.41) is 2.88. The SMILES string of the molecule is CC(C)COC(=O)c1ccc(NC(=O)[C@@H](Cc2ccccc2)N2C(=O)[C@H]3[C@@H]4C=C[C@H]([C@H]5C[C@H]45)[C@@H]3C2=O)cc1. The van der Waals surface area contributed by atoms with Crippen molar-refractivity contribution in [1.29, 1.82) is 0 Å². The Hall–Kier alpha value is -3.74. The van der Waals surface area contributed by atoms with Gasteiger partial charge in [0.25, 0.3) is 0 Å². The van der Waals surface area contributed by atoms with Crippen molar-refractivity contribution < 1.29 is 23.9 Å². The van der Waals surface area contributed by atoms with E-state index < -0.39 is 17.9 Å².